The van der Waals surface area contributed by atoms with Crippen molar-refractivity contribution >= 4 is 22.7 Å². The average Bonchev–Trinajstić information content (AvgIpc) is 3.37. The number of aliphatic hydroxyl groups excluding tert-OH is 1. The summed E-state index contributed by atoms with van der Waals surface area (Å²) in [4.78, 5) is 36.4. The Kier molecular flexibility index (Phi) is 8.36. The number of para-hydroxylation sites is 2. The highest BCUT2D eigenvalue weighted by atomic mass is 16.5. The van der Waals surface area contributed by atoms with Crippen LogP contribution in [0.4, 0.5) is 0 Å². The maximum atomic E-state index is 12.7. The lowest BCUT2D eigenvalue weighted by molar-refractivity contribution is 0.0941. The maximum Gasteiger partial charge on any atom is 0.256 e. The largest absolute Gasteiger partial charge is 0.438 e. The van der Waals surface area contributed by atoms with E-state index in [1.165, 1.54) is 11.8 Å². The molecule has 0 fully saturated rings. The number of H-pyrrole nitrogens is 1. The van der Waals surface area contributed by atoms with Crippen LogP contribution < -0.4 is 10.1 Å². The number of ketones is 1. The molecule has 0 atom stereocenters. The maximum absolute atomic E-state index is 12.7. The number of aromatic nitrogens is 3. The van der Waals surface area contributed by atoms with Crippen LogP contribution in [0.2, 0.25) is 0 Å². The van der Waals surface area contributed by atoms with Crippen molar-refractivity contribution in [2.24, 2.45) is 0 Å². The minimum Gasteiger partial charge on any atom is -0.438 e. The number of aromatic amines is 1. The van der Waals surface area contributed by atoms with Gasteiger partial charge in [0.2, 0.25) is 11.7 Å². The van der Waals surface area contributed by atoms with Crippen LogP contribution >= 0.6 is 0 Å². The number of nitrogens with zero attached hydrogens (tertiary/aromatic N) is 2. The van der Waals surface area contributed by atoms with Crippen LogP contribution in [0.3, 0.4) is 0 Å². The van der Waals surface area contributed by atoms with Gasteiger partial charge in [0.1, 0.15) is 11.3 Å². The topological polar surface area (TPSA) is 117 Å². The first-order valence-corrected chi connectivity index (χ1v) is 11.7. The van der Waals surface area contributed by atoms with E-state index in [4.69, 9.17) is 9.84 Å². The van der Waals surface area contributed by atoms with E-state index in [0.29, 0.717) is 11.3 Å². The highest BCUT2D eigenvalue weighted by molar-refractivity contribution is 6.08. The number of imidazole rings is 1. The first-order chi connectivity index (χ1) is 18.0. The highest BCUT2D eigenvalue weighted by Crippen LogP contribution is 2.24. The van der Waals surface area contributed by atoms with Crippen molar-refractivity contribution in [2.45, 2.75) is 6.92 Å². The first kappa shape index (κ1) is 25.3. The van der Waals surface area contributed by atoms with Gasteiger partial charge in [-0.1, -0.05) is 48.0 Å². The third-order valence-corrected chi connectivity index (χ3v) is 5.29. The molecule has 3 N–H and O–H groups in total. The number of aryl methyl sites for hydroxylation is 1. The molecule has 5 rings (SSSR count). The van der Waals surface area contributed by atoms with Crippen molar-refractivity contribution in [3.05, 3.63) is 120 Å². The van der Waals surface area contributed by atoms with Gasteiger partial charge in [0.25, 0.3) is 5.91 Å². The van der Waals surface area contributed by atoms with Gasteiger partial charge in [-0.2, -0.15) is 0 Å². The van der Waals surface area contributed by atoms with Crippen LogP contribution in [0.25, 0.3) is 11.0 Å². The van der Waals surface area contributed by atoms with Gasteiger partial charge in [-0.3, -0.25) is 9.59 Å². The molecule has 0 aliphatic heterocycles. The summed E-state index contributed by atoms with van der Waals surface area (Å²) in [6.45, 7) is 2.05. The van der Waals surface area contributed by atoms with Gasteiger partial charge in [0.15, 0.2) is 5.82 Å². The number of hydrogen-bond donors (Lipinski definition) is 3. The molecule has 0 unspecified atom stereocenters. The number of ether oxygens (including phenoxy) is 1. The second-order valence-electron chi connectivity index (χ2n) is 8.05. The van der Waals surface area contributed by atoms with E-state index in [0.717, 1.165) is 11.0 Å². The zero-order valence-corrected chi connectivity index (χ0v) is 20.2. The van der Waals surface area contributed by atoms with Gasteiger partial charge in [-0.15, -0.1) is 0 Å². The van der Waals surface area contributed by atoms with Crippen LogP contribution in [-0.2, 0) is 0 Å². The summed E-state index contributed by atoms with van der Waals surface area (Å²) >= 11 is 0. The molecule has 0 radical (unpaired) electrons. The minimum absolute atomic E-state index is 0.129. The van der Waals surface area contributed by atoms with Crippen molar-refractivity contribution < 1.29 is 19.4 Å². The molecule has 0 saturated carbocycles. The Morgan fingerprint density at radius 1 is 0.919 bits per heavy atom. The Morgan fingerprint density at radius 2 is 1.65 bits per heavy atom. The lowest BCUT2D eigenvalue weighted by Gasteiger charge is -2.10. The number of rotatable bonds is 7. The summed E-state index contributed by atoms with van der Waals surface area (Å²) < 4.78 is 5.73. The Morgan fingerprint density at radius 3 is 2.32 bits per heavy atom. The Balaban J connectivity index is 0.000000396. The van der Waals surface area contributed by atoms with Crippen molar-refractivity contribution in [3.8, 4) is 11.6 Å². The predicted molar refractivity (Wildman–Crippen MR) is 141 cm³/mol. The van der Waals surface area contributed by atoms with Gasteiger partial charge in [0, 0.05) is 18.3 Å². The van der Waals surface area contributed by atoms with Gasteiger partial charge in [-0.25, -0.2) is 9.97 Å². The number of hydrogen-bond acceptors (Lipinski definition) is 6. The molecular weight excluding hydrogens is 468 g/mol. The number of nitrogens with one attached hydrogen (secondary N) is 2. The quantitative estimate of drug-likeness (QED) is 0.282. The number of amides is 1. The molecule has 0 aliphatic rings. The molecular formula is C29H26N4O4. The van der Waals surface area contributed by atoms with Crippen LogP contribution in [0, 0.1) is 6.92 Å². The summed E-state index contributed by atoms with van der Waals surface area (Å²) in [6.07, 6.45) is 1.51. The first-order valence-electron chi connectivity index (χ1n) is 11.7. The molecule has 5 aromatic rings. The van der Waals surface area contributed by atoms with E-state index in [-0.39, 0.29) is 36.2 Å². The van der Waals surface area contributed by atoms with Gasteiger partial charge in [0.05, 0.1) is 17.6 Å². The van der Waals surface area contributed by atoms with E-state index in [1.807, 2.05) is 42.5 Å². The third-order valence-electron chi connectivity index (χ3n) is 5.29. The van der Waals surface area contributed by atoms with E-state index in [2.05, 4.69) is 39.3 Å². The fraction of sp³-hybridized carbons (Fsp3) is 0.103. The van der Waals surface area contributed by atoms with Crippen molar-refractivity contribution in [1.82, 2.24) is 20.3 Å². The van der Waals surface area contributed by atoms with Crippen LogP contribution in [0.15, 0.2) is 97.2 Å². The molecule has 3 aromatic carbocycles. The average molecular weight is 495 g/mol. The summed E-state index contributed by atoms with van der Waals surface area (Å²) in [6, 6.07) is 27.4. The van der Waals surface area contributed by atoms with Gasteiger partial charge < -0.3 is 20.1 Å². The van der Waals surface area contributed by atoms with E-state index in [1.54, 1.807) is 36.4 Å². The van der Waals surface area contributed by atoms with Gasteiger partial charge in [-0.05, 0) is 55.5 Å². The molecule has 8 heteroatoms. The van der Waals surface area contributed by atoms with Gasteiger partial charge >= 0.3 is 0 Å². The highest BCUT2D eigenvalue weighted by Gasteiger charge is 2.16. The molecule has 2 heterocycles. The predicted octanol–water partition coefficient (Wildman–Crippen LogP) is 4.70. The number of carbonyl (C=O) groups is 2. The number of fused-ring (bicyclic) bond motifs is 1. The van der Waals surface area contributed by atoms with Crippen LogP contribution in [0.5, 0.6) is 11.6 Å². The fourth-order valence-corrected chi connectivity index (χ4v) is 3.43. The number of benzene rings is 3. The third kappa shape index (κ3) is 6.65. The number of carbonyl (C=O) groups excluding carboxylic acids is 2. The van der Waals surface area contributed by atoms with Crippen LogP contribution in [0.1, 0.15) is 32.1 Å². The molecule has 1 amide bonds. The molecule has 0 aliphatic carbocycles. The summed E-state index contributed by atoms with van der Waals surface area (Å²) in [5.74, 6) is 0.177. The lowest BCUT2D eigenvalue weighted by atomic mass is 10.1. The van der Waals surface area contributed by atoms with Crippen LogP contribution in [-0.4, -0.2) is 44.9 Å². The summed E-state index contributed by atoms with van der Waals surface area (Å²) in [7, 11) is 0. The monoisotopic (exact) mass is 494 g/mol. The summed E-state index contributed by atoms with van der Waals surface area (Å²) in [5, 5.41) is 11.4. The van der Waals surface area contributed by atoms with Crippen molar-refractivity contribution in [1.29, 1.82) is 0 Å². The fourth-order valence-electron chi connectivity index (χ4n) is 3.43. The smallest absolute Gasteiger partial charge is 0.256 e. The van der Waals surface area contributed by atoms with Crippen molar-refractivity contribution in [3.63, 3.8) is 0 Å². The molecule has 0 bridgehead atoms. The zero-order chi connectivity index (χ0) is 26.0. The Hall–Kier alpha value is -4.82. The Bertz CT molecular complexity index is 1450. The SMILES string of the molecule is Cc1ccccc1.O=C(c1ccc(Oc2ncccc2C(=O)NCCO)cc1)c1nc2ccccc2[nH]1. The summed E-state index contributed by atoms with van der Waals surface area (Å²) in [5.41, 5.74) is 3.53. The molecule has 186 valence electrons. The van der Waals surface area contributed by atoms with E-state index in [9.17, 15) is 9.59 Å². The second kappa shape index (κ2) is 12.2. The second-order valence-corrected chi connectivity index (χ2v) is 8.05. The Labute approximate surface area is 214 Å². The number of aliphatic hydroxyl groups is 1. The molecule has 8 nitrogen and oxygen atoms in total. The number of pyridine rings is 1. The molecule has 0 spiro atoms. The standard InChI is InChI=1S/C22H18N4O4.C7H8/c27-13-12-23-21(29)16-4-3-11-24-22(16)30-15-9-7-14(8-10-15)19(28)20-25-17-5-1-2-6-18(17)26-20;1-7-5-3-2-4-6-7/h1-11,27H,12-13H2,(H,23,29)(H,25,26);2-6H,1H3. The molecule has 0 saturated heterocycles. The van der Waals surface area contributed by atoms with E-state index >= 15 is 0 Å². The molecule has 2 aromatic heterocycles. The zero-order valence-electron chi connectivity index (χ0n) is 20.2. The van der Waals surface area contributed by atoms with Crippen molar-refractivity contribution in [2.75, 3.05) is 13.2 Å². The minimum atomic E-state index is -0.399. The molecule has 37 heavy (non-hydrogen) atoms. The van der Waals surface area contributed by atoms with E-state index < -0.39 is 5.91 Å². The normalized spacial score (nSPS) is 10.3. The lowest BCUT2D eigenvalue weighted by Crippen LogP contribution is -2.26.